The average molecular weight is 479 g/mol. The predicted octanol–water partition coefficient (Wildman–Crippen LogP) is 4.10. The number of likely N-dealkylation sites (N-methyl/N-ethyl adjacent to an activating group) is 1. The summed E-state index contributed by atoms with van der Waals surface area (Å²) in [5.41, 5.74) is -0.192. The molecule has 0 saturated carbocycles. The van der Waals surface area contributed by atoms with Crippen LogP contribution in [0.1, 0.15) is 62.7 Å². The van der Waals surface area contributed by atoms with Crippen LogP contribution in [0.4, 0.5) is 5.82 Å². The van der Waals surface area contributed by atoms with Gasteiger partial charge in [-0.15, -0.1) is 0 Å². The Kier molecular flexibility index (Phi) is 8.62. The van der Waals surface area contributed by atoms with Crippen LogP contribution in [0.15, 0.2) is 12.1 Å². The van der Waals surface area contributed by atoms with Gasteiger partial charge >= 0.3 is 0 Å². The fourth-order valence-corrected chi connectivity index (χ4v) is 5.26. The number of nitrogens with zero attached hydrogens (tertiary/aromatic N) is 4. The summed E-state index contributed by atoms with van der Waals surface area (Å²) in [5.74, 6) is 1.67. The summed E-state index contributed by atoms with van der Waals surface area (Å²) in [5, 5.41) is 0.256. The van der Waals surface area contributed by atoms with Crippen molar-refractivity contribution < 1.29 is 14.3 Å². The van der Waals surface area contributed by atoms with E-state index in [1.54, 1.807) is 20.2 Å². The van der Waals surface area contributed by atoms with Crippen LogP contribution in [0.2, 0.25) is 5.15 Å². The lowest BCUT2D eigenvalue weighted by Crippen LogP contribution is -2.51. The zero-order valence-corrected chi connectivity index (χ0v) is 21.5. The minimum atomic E-state index is -0.624. The first-order valence-corrected chi connectivity index (χ1v) is 12.6. The number of hydrogen-bond acceptors (Lipinski definition) is 5. The molecule has 7 nitrogen and oxygen atoms in total. The van der Waals surface area contributed by atoms with Gasteiger partial charge in [0.1, 0.15) is 16.6 Å². The molecule has 3 rings (SSSR count). The molecule has 0 aliphatic carbocycles. The van der Waals surface area contributed by atoms with E-state index in [1.165, 1.54) is 4.90 Å². The van der Waals surface area contributed by atoms with E-state index in [0.717, 1.165) is 64.0 Å². The SMILES string of the molecule is CC(C)[C@@]1(C(=O)N(C)CCCC2CCN(c3ccc(C(=O)N(C)C)c(Cl)n3)CC2)CCCO1. The van der Waals surface area contributed by atoms with Gasteiger partial charge in [0.05, 0.1) is 5.56 Å². The summed E-state index contributed by atoms with van der Waals surface area (Å²) in [6.07, 6.45) is 6.10. The molecule has 1 atom stereocenters. The van der Waals surface area contributed by atoms with Crippen LogP contribution in [0, 0.1) is 11.8 Å². The number of hydrogen-bond donors (Lipinski definition) is 0. The van der Waals surface area contributed by atoms with Crippen molar-refractivity contribution in [2.75, 3.05) is 52.3 Å². The molecule has 184 valence electrons. The first-order valence-electron chi connectivity index (χ1n) is 12.2. The van der Waals surface area contributed by atoms with Crippen molar-refractivity contribution in [3.8, 4) is 0 Å². The lowest BCUT2D eigenvalue weighted by molar-refractivity contribution is -0.156. The number of piperidine rings is 1. The molecule has 8 heteroatoms. The highest BCUT2D eigenvalue weighted by atomic mass is 35.5. The van der Waals surface area contributed by atoms with E-state index in [2.05, 4.69) is 23.7 Å². The molecule has 0 N–H and O–H groups in total. The third-order valence-electron chi connectivity index (χ3n) is 7.21. The van der Waals surface area contributed by atoms with Crippen LogP contribution < -0.4 is 4.90 Å². The summed E-state index contributed by atoms with van der Waals surface area (Å²) in [6, 6.07) is 3.66. The maximum Gasteiger partial charge on any atom is 0.256 e. The van der Waals surface area contributed by atoms with Gasteiger partial charge in [0.2, 0.25) is 0 Å². The van der Waals surface area contributed by atoms with E-state index < -0.39 is 5.60 Å². The second-order valence-corrected chi connectivity index (χ2v) is 10.4. The molecule has 2 saturated heterocycles. The highest BCUT2D eigenvalue weighted by molar-refractivity contribution is 6.32. The minimum Gasteiger partial charge on any atom is -0.365 e. The van der Waals surface area contributed by atoms with Crippen LogP contribution in [0.3, 0.4) is 0 Å². The highest BCUT2D eigenvalue weighted by Gasteiger charge is 2.46. The van der Waals surface area contributed by atoms with Gasteiger partial charge < -0.3 is 19.4 Å². The number of aromatic nitrogens is 1. The van der Waals surface area contributed by atoms with Crippen molar-refractivity contribution in [1.29, 1.82) is 0 Å². The Labute approximate surface area is 203 Å². The quantitative estimate of drug-likeness (QED) is 0.526. The largest absolute Gasteiger partial charge is 0.365 e. The molecule has 0 bridgehead atoms. The summed E-state index contributed by atoms with van der Waals surface area (Å²) < 4.78 is 5.94. The van der Waals surface area contributed by atoms with Gasteiger partial charge in [-0.25, -0.2) is 4.98 Å². The van der Waals surface area contributed by atoms with Gasteiger partial charge in [0.25, 0.3) is 11.8 Å². The number of amides is 2. The first-order chi connectivity index (χ1) is 15.7. The number of halogens is 1. The van der Waals surface area contributed by atoms with Crippen molar-refractivity contribution in [3.63, 3.8) is 0 Å². The molecule has 2 aliphatic heterocycles. The molecule has 0 aromatic carbocycles. The summed E-state index contributed by atoms with van der Waals surface area (Å²) >= 11 is 6.29. The molecular weight excluding hydrogens is 440 g/mol. The van der Waals surface area contributed by atoms with Gasteiger partial charge in [-0.3, -0.25) is 9.59 Å². The van der Waals surface area contributed by atoms with E-state index in [-0.39, 0.29) is 22.9 Å². The molecule has 0 unspecified atom stereocenters. The van der Waals surface area contributed by atoms with E-state index in [1.807, 2.05) is 18.0 Å². The molecule has 33 heavy (non-hydrogen) atoms. The average Bonchev–Trinajstić information content (AvgIpc) is 3.30. The first kappa shape index (κ1) is 25.8. The van der Waals surface area contributed by atoms with E-state index >= 15 is 0 Å². The number of rotatable bonds is 8. The van der Waals surface area contributed by atoms with E-state index in [9.17, 15) is 9.59 Å². The molecule has 0 spiro atoms. The Morgan fingerprint density at radius 2 is 1.94 bits per heavy atom. The predicted molar refractivity (Wildman–Crippen MR) is 132 cm³/mol. The molecule has 2 fully saturated rings. The van der Waals surface area contributed by atoms with Crippen LogP contribution >= 0.6 is 11.6 Å². The standard InChI is InChI=1S/C25H39ClN4O3/c1-18(2)25(13-7-17-33-25)24(32)29(5)14-6-8-19-11-15-30(16-12-19)21-10-9-20(22(26)27-21)23(31)28(3)4/h9-10,18-19H,6-8,11-17H2,1-5H3/t25-/m1/s1. The number of pyridine rings is 1. The molecular formula is C25H39ClN4O3. The normalized spacial score (nSPS) is 21.5. The summed E-state index contributed by atoms with van der Waals surface area (Å²) in [4.78, 5) is 35.3. The van der Waals surface area contributed by atoms with Gasteiger partial charge in [-0.2, -0.15) is 0 Å². The Morgan fingerprint density at radius 3 is 2.48 bits per heavy atom. The zero-order chi connectivity index (χ0) is 24.2. The van der Waals surface area contributed by atoms with Crippen LogP contribution in [0.25, 0.3) is 0 Å². The van der Waals surface area contributed by atoms with Crippen LogP contribution in [-0.2, 0) is 9.53 Å². The Morgan fingerprint density at radius 1 is 1.24 bits per heavy atom. The minimum absolute atomic E-state index is 0.139. The molecule has 1 aromatic rings. The van der Waals surface area contributed by atoms with Gasteiger partial charge in [0.15, 0.2) is 0 Å². The number of carbonyl (C=O) groups is 2. The van der Waals surface area contributed by atoms with Crippen molar-refractivity contribution in [1.82, 2.24) is 14.8 Å². The fraction of sp³-hybridized carbons (Fsp3) is 0.720. The van der Waals surface area contributed by atoms with Gasteiger partial charge in [-0.1, -0.05) is 25.4 Å². The summed E-state index contributed by atoms with van der Waals surface area (Å²) in [7, 11) is 5.32. The molecule has 0 radical (unpaired) electrons. The maximum absolute atomic E-state index is 13.1. The van der Waals surface area contributed by atoms with Crippen molar-refractivity contribution >= 4 is 29.2 Å². The third-order valence-corrected chi connectivity index (χ3v) is 7.50. The topological polar surface area (TPSA) is 66.0 Å². The van der Waals surface area contributed by atoms with E-state index in [0.29, 0.717) is 18.1 Å². The summed E-state index contributed by atoms with van der Waals surface area (Å²) in [6.45, 7) is 7.48. The second kappa shape index (κ2) is 11.0. The van der Waals surface area contributed by atoms with Gasteiger partial charge in [-0.05, 0) is 62.5 Å². The van der Waals surface area contributed by atoms with Crippen molar-refractivity contribution in [2.45, 2.75) is 58.0 Å². The zero-order valence-electron chi connectivity index (χ0n) is 20.8. The Bertz CT molecular complexity index is 831. The molecule has 1 aromatic heterocycles. The van der Waals surface area contributed by atoms with Crippen molar-refractivity contribution in [3.05, 3.63) is 22.8 Å². The Balaban J connectivity index is 1.45. The fourth-order valence-electron chi connectivity index (χ4n) is 5.03. The third kappa shape index (κ3) is 5.80. The van der Waals surface area contributed by atoms with Crippen LogP contribution in [-0.4, -0.2) is 79.6 Å². The second-order valence-electron chi connectivity index (χ2n) is 10.0. The monoisotopic (exact) mass is 478 g/mol. The van der Waals surface area contributed by atoms with Gasteiger partial charge in [0, 0.05) is 47.4 Å². The number of carbonyl (C=O) groups excluding carboxylic acids is 2. The van der Waals surface area contributed by atoms with Crippen LogP contribution in [0.5, 0.6) is 0 Å². The lowest BCUT2D eigenvalue weighted by Gasteiger charge is -2.35. The van der Waals surface area contributed by atoms with E-state index in [4.69, 9.17) is 16.3 Å². The molecule has 2 aliphatic rings. The maximum atomic E-state index is 13.1. The number of ether oxygens (including phenoxy) is 1. The Hall–Kier alpha value is -1.86. The molecule has 3 heterocycles. The molecule has 2 amide bonds. The highest BCUT2D eigenvalue weighted by Crippen LogP contribution is 2.35. The van der Waals surface area contributed by atoms with Crippen molar-refractivity contribution in [2.24, 2.45) is 11.8 Å². The lowest BCUT2D eigenvalue weighted by atomic mass is 9.86. The number of anilines is 1. The smallest absolute Gasteiger partial charge is 0.256 e.